The molecule has 1 aliphatic heterocycles. The molecule has 0 radical (unpaired) electrons. The van der Waals surface area contributed by atoms with Gasteiger partial charge >= 0.3 is 0 Å². The lowest BCUT2D eigenvalue weighted by Crippen LogP contribution is -2.57. The van der Waals surface area contributed by atoms with Crippen molar-refractivity contribution in [1.29, 1.82) is 5.26 Å². The van der Waals surface area contributed by atoms with Crippen LogP contribution < -0.4 is 5.73 Å². The monoisotopic (exact) mass is 259 g/mol. The molecule has 1 amide bonds. The average Bonchev–Trinajstić information content (AvgIpc) is 2.96. The predicted molar refractivity (Wildman–Crippen MR) is 71.9 cm³/mol. The number of nitrogens with two attached hydrogens (primary N) is 1. The zero-order valence-corrected chi connectivity index (χ0v) is 11.2. The van der Waals surface area contributed by atoms with E-state index in [1.165, 1.54) is 19.3 Å². The van der Waals surface area contributed by atoms with Crippen LogP contribution in [0.4, 0.5) is 0 Å². The molecule has 0 saturated heterocycles. The largest absolute Gasteiger partial charge is 0.319 e. The van der Waals surface area contributed by atoms with Crippen LogP contribution in [0.15, 0.2) is 12.2 Å². The minimum atomic E-state index is -0.426. The highest BCUT2D eigenvalue weighted by Crippen LogP contribution is 2.52. The summed E-state index contributed by atoms with van der Waals surface area (Å²) in [4.78, 5) is 14.2. The second-order valence-corrected chi connectivity index (χ2v) is 6.31. The molecule has 2 unspecified atom stereocenters. The molecule has 0 aromatic carbocycles. The molecule has 1 heterocycles. The summed E-state index contributed by atoms with van der Waals surface area (Å²) in [5.74, 6) is 0.835. The molecular formula is C15H21N3O. The van der Waals surface area contributed by atoms with Gasteiger partial charge in [0.05, 0.1) is 12.1 Å². The first kappa shape index (κ1) is 12.7. The molecule has 2 bridgehead atoms. The van der Waals surface area contributed by atoms with E-state index in [0.29, 0.717) is 6.54 Å². The summed E-state index contributed by atoms with van der Waals surface area (Å²) in [7, 11) is 0. The van der Waals surface area contributed by atoms with Crippen molar-refractivity contribution in [2.45, 2.75) is 50.6 Å². The fourth-order valence-electron chi connectivity index (χ4n) is 4.05. The van der Waals surface area contributed by atoms with Crippen molar-refractivity contribution in [1.82, 2.24) is 4.90 Å². The highest BCUT2D eigenvalue weighted by molar-refractivity contribution is 5.84. The van der Waals surface area contributed by atoms with Crippen molar-refractivity contribution in [2.24, 2.45) is 17.1 Å². The van der Waals surface area contributed by atoms with Crippen LogP contribution in [0, 0.1) is 22.7 Å². The highest BCUT2D eigenvalue weighted by Gasteiger charge is 2.48. The van der Waals surface area contributed by atoms with Crippen molar-refractivity contribution in [2.75, 3.05) is 6.54 Å². The number of amides is 1. The summed E-state index contributed by atoms with van der Waals surface area (Å²) in [6.07, 6.45) is 10.6. The van der Waals surface area contributed by atoms with E-state index in [2.05, 4.69) is 6.07 Å². The van der Waals surface area contributed by atoms with Gasteiger partial charge in [0, 0.05) is 6.54 Å². The third-order valence-electron chi connectivity index (χ3n) is 5.45. The van der Waals surface area contributed by atoms with Gasteiger partial charge in [-0.1, -0.05) is 6.08 Å². The number of hydrogen-bond donors (Lipinski definition) is 1. The first-order valence-corrected chi connectivity index (χ1v) is 7.29. The Hall–Kier alpha value is -1.34. The highest BCUT2D eigenvalue weighted by atomic mass is 16.2. The third kappa shape index (κ3) is 1.97. The molecule has 19 heavy (non-hydrogen) atoms. The second kappa shape index (κ2) is 4.64. The summed E-state index contributed by atoms with van der Waals surface area (Å²) in [6, 6.07) is 1.31. The number of carbonyl (C=O) groups is 1. The van der Waals surface area contributed by atoms with Crippen LogP contribution in [0.5, 0.6) is 0 Å². The Morgan fingerprint density at radius 3 is 2.58 bits per heavy atom. The van der Waals surface area contributed by atoms with Crippen molar-refractivity contribution in [3.63, 3.8) is 0 Å². The molecule has 102 valence electrons. The Morgan fingerprint density at radius 1 is 1.37 bits per heavy atom. The van der Waals surface area contributed by atoms with Crippen LogP contribution in [-0.4, -0.2) is 29.4 Å². The molecule has 2 atom stereocenters. The van der Waals surface area contributed by atoms with Crippen LogP contribution in [0.25, 0.3) is 0 Å². The topological polar surface area (TPSA) is 70.1 Å². The number of nitrogens with zero attached hydrogens (tertiary/aromatic N) is 2. The van der Waals surface area contributed by atoms with E-state index >= 15 is 0 Å². The molecular weight excluding hydrogens is 238 g/mol. The smallest absolute Gasteiger partial charge is 0.241 e. The summed E-state index contributed by atoms with van der Waals surface area (Å²) in [5.41, 5.74) is 6.34. The van der Waals surface area contributed by atoms with Gasteiger partial charge in [0.2, 0.25) is 5.91 Å². The van der Waals surface area contributed by atoms with E-state index in [1.54, 1.807) is 11.0 Å². The molecule has 4 aliphatic rings. The maximum Gasteiger partial charge on any atom is 0.241 e. The standard InChI is InChI=1S/C15H21N3O/c16-10-12-2-1-9-18(12)14(19)13(17)15-6-3-11(4-7-15)5-8-15/h1-2,11-13H,3-9,17H2. The fraction of sp³-hybridized carbons (Fsp3) is 0.733. The lowest BCUT2D eigenvalue weighted by Gasteiger charge is -2.49. The third-order valence-corrected chi connectivity index (χ3v) is 5.45. The zero-order chi connectivity index (χ0) is 13.5. The molecule has 4 nitrogen and oxygen atoms in total. The second-order valence-electron chi connectivity index (χ2n) is 6.31. The van der Waals surface area contributed by atoms with Gasteiger partial charge in [-0.25, -0.2) is 0 Å². The van der Waals surface area contributed by atoms with Gasteiger partial charge in [0.25, 0.3) is 0 Å². The summed E-state index contributed by atoms with van der Waals surface area (Å²) in [5, 5.41) is 9.07. The van der Waals surface area contributed by atoms with E-state index < -0.39 is 12.1 Å². The van der Waals surface area contributed by atoms with Gasteiger partial charge < -0.3 is 10.6 Å². The van der Waals surface area contributed by atoms with Gasteiger partial charge in [-0.3, -0.25) is 4.79 Å². The predicted octanol–water partition coefficient (Wildman–Crippen LogP) is 1.57. The number of fused-ring (bicyclic) bond motifs is 3. The van der Waals surface area contributed by atoms with E-state index in [0.717, 1.165) is 25.2 Å². The Labute approximate surface area is 114 Å². The Balaban J connectivity index is 1.75. The Morgan fingerprint density at radius 2 is 2.00 bits per heavy atom. The van der Waals surface area contributed by atoms with Gasteiger partial charge in [-0.2, -0.15) is 5.26 Å². The molecule has 3 aliphatic carbocycles. The van der Waals surface area contributed by atoms with E-state index in [-0.39, 0.29) is 11.3 Å². The molecule has 0 spiro atoms. The van der Waals surface area contributed by atoms with Crippen molar-refractivity contribution >= 4 is 5.91 Å². The van der Waals surface area contributed by atoms with Gasteiger partial charge in [0.1, 0.15) is 6.04 Å². The molecule has 4 heteroatoms. The molecule has 2 N–H and O–H groups in total. The quantitative estimate of drug-likeness (QED) is 0.765. The number of nitriles is 1. The van der Waals surface area contributed by atoms with Crippen LogP contribution in [-0.2, 0) is 4.79 Å². The molecule has 0 aromatic heterocycles. The molecule has 3 saturated carbocycles. The van der Waals surface area contributed by atoms with Gasteiger partial charge in [-0.15, -0.1) is 0 Å². The minimum absolute atomic E-state index is 0.00836. The van der Waals surface area contributed by atoms with Crippen LogP contribution >= 0.6 is 0 Å². The number of carbonyl (C=O) groups excluding carboxylic acids is 1. The number of rotatable bonds is 2. The van der Waals surface area contributed by atoms with Crippen LogP contribution in [0.3, 0.4) is 0 Å². The summed E-state index contributed by atoms with van der Waals surface area (Å²) >= 11 is 0. The van der Waals surface area contributed by atoms with Crippen LogP contribution in [0.2, 0.25) is 0 Å². The Bertz CT molecular complexity index is 429. The van der Waals surface area contributed by atoms with E-state index in [1.807, 2.05) is 6.08 Å². The maximum atomic E-state index is 12.6. The zero-order valence-electron chi connectivity index (χ0n) is 11.2. The van der Waals surface area contributed by atoms with Crippen molar-refractivity contribution in [3.8, 4) is 6.07 Å². The Kier molecular flexibility index (Phi) is 3.10. The first-order valence-electron chi connectivity index (χ1n) is 7.29. The lowest BCUT2D eigenvalue weighted by molar-refractivity contribution is -0.137. The molecule has 3 fully saturated rings. The van der Waals surface area contributed by atoms with Gasteiger partial charge in [0.15, 0.2) is 0 Å². The average molecular weight is 259 g/mol. The maximum absolute atomic E-state index is 12.6. The number of hydrogen-bond acceptors (Lipinski definition) is 3. The molecule has 4 rings (SSSR count). The lowest BCUT2D eigenvalue weighted by atomic mass is 9.57. The molecule has 0 aromatic rings. The van der Waals surface area contributed by atoms with Crippen LogP contribution in [0.1, 0.15) is 38.5 Å². The normalized spacial score (nSPS) is 38.2. The van der Waals surface area contributed by atoms with E-state index in [9.17, 15) is 4.79 Å². The van der Waals surface area contributed by atoms with Crippen molar-refractivity contribution < 1.29 is 4.79 Å². The minimum Gasteiger partial charge on any atom is -0.319 e. The SMILES string of the molecule is N#CC1C=CCN1C(=O)C(N)C12CCC(CC1)CC2. The van der Waals surface area contributed by atoms with E-state index in [4.69, 9.17) is 11.0 Å². The first-order chi connectivity index (χ1) is 9.16. The fourth-order valence-corrected chi connectivity index (χ4v) is 4.05. The van der Waals surface area contributed by atoms with Gasteiger partial charge in [-0.05, 0) is 55.9 Å². The summed E-state index contributed by atoms with van der Waals surface area (Å²) < 4.78 is 0. The summed E-state index contributed by atoms with van der Waals surface area (Å²) in [6.45, 7) is 0.531. The van der Waals surface area contributed by atoms with Crippen molar-refractivity contribution in [3.05, 3.63) is 12.2 Å².